The summed E-state index contributed by atoms with van der Waals surface area (Å²) in [5.74, 6) is 0.327. The zero-order chi connectivity index (χ0) is 15.1. The molecule has 2 aromatic carbocycles. The van der Waals surface area contributed by atoms with Crippen LogP contribution in [-0.2, 0) is 24.2 Å². The minimum absolute atomic E-state index is 0.298. The highest BCUT2D eigenvalue weighted by molar-refractivity contribution is 6.10. The Hall–Kier alpha value is -2.16. The number of rotatable bonds is 3. The van der Waals surface area contributed by atoms with Crippen LogP contribution in [0.2, 0.25) is 0 Å². The number of benzene rings is 2. The maximum atomic E-state index is 12.7. The molecule has 0 amide bonds. The quantitative estimate of drug-likeness (QED) is 0.709. The average Bonchev–Trinajstić information content (AvgIpc) is 2.86. The van der Waals surface area contributed by atoms with Gasteiger partial charge < -0.3 is 4.57 Å². The maximum absolute atomic E-state index is 12.7. The van der Waals surface area contributed by atoms with Crippen LogP contribution in [0.25, 0.3) is 21.8 Å². The molecule has 4 rings (SSSR count). The van der Waals surface area contributed by atoms with Crippen molar-refractivity contribution < 1.29 is 9.18 Å². The lowest BCUT2D eigenvalue weighted by Gasteiger charge is -2.16. The SMILES string of the molecule is O=C1CCc2c(ccc3c2c2ccccc2n3CCCF)C1. The summed E-state index contributed by atoms with van der Waals surface area (Å²) in [6.45, 7) is 0.395. The second-order valence-corrected chi connectivity index (χ2v) is 6.02. The zero-order valence-electron chi connectivity index (χ0n) is 12.4. The van der Waals surface area contributed by atoms with E-state index in [0.29, 0.717) is 31.6 Å². The van der Waals surface area contributed by atoms with Gasteiger partial charge in [0.05, 0.1) is 6.67 Å². The molecule has 0 atom stereocenters. The van der Waals surface area contributed by atoms with E-state index >= 15 is 0 Å². The minimum Gasteiger partial charge on any atom is -0.340 e. The van der Waals surface area contributed by atoms with Crippen molar-refractivity contribution in [1.29, 1.82) is 0 Å². The molecule has 0 unspecified atom stereocenters. The van der Waals surface area contributed by atoms with E-state index in [2.05, 4.69) is 34.9 Å². The Labute approximate surface area is 128 Å². The van der Waals surface area contributed by atoms with Crippen LogP contribution in [0.5, 0.6) is 0 Å². The molecule has 112 valence electrons. The number of carbonyl (C=O) groups excluding carboxylic acids is 1. The zero-order valence-corrected chi connectivity index (χ0v) is 12.4. The molecule has 0 saturated heterocycles. The lowest BCUT2D eigenvalue weighted by atomic mass is 9.88. The van der Waals surface area contributed by atoms with Gasteiger partial charge >= 0.3 is 0 Å². The summed E-state index contributed by atoms with van der Waals surface area (Å²) in [6.07, 6.45) is 2.54. The van der Waals surface area contributed by atoms with Crippen molar-refractivity contribution in [2.24, 2.45) is 0 Å². The van der Waals surface area contributed by atoms with Crippen molar-refractivity contribution in [3.63, 3.8) is 0 Å². The number of alkyl halides is 1. The Morgan fingerprint density at radius 1 is 1.05 bits per heavy atom. The first kappa shape index (κ1) is 13.5. The van der Waals surface area contributed by atoms with E-state index in [-0.39, 0.29) is 6.67 Å². The normalized spacial score (nSPS) is 14.7. The number of ketones is 1. The van der Waals surface area contributed by atoms with Gasteiger partial charge in [0.15, 0.2) is 0 Å². The van der Waals surface area contributed by atoms with Crippen molar-refractivity contribution in [3.8, 4) is 0 Å². The first-order chi connectivity index (χ1) is 10.8. The summed E-state index contributed by atoms with van der Waals surface area (Å²) in [6, 6.07) is 12.5. The van der Waals surface area contributed by atoms with Gasteiger partial charge in [-0.3, -0.25) is 9.18 Å². The number of halogens is 1. The van der Waals surface area contributed by atoms with E-state index < -0.39 is 0 Å². The number of carbonyl (C=O) groups is 1. The Balaban J connectivity index is 2.04. The Morgan fingerprint density at radius 3 is 2.77 bits per heavy atom. The average molecular weight is 295 g/mol. The third-order valence-electron chi connectivity index (χ3n) is 4.70. The van der Waals surface area contributed by atoms with Crippen LogP contribution in [0.4, 0.5) is 4.39 Å². The van der Waals surface area contributed by atoms with E-state index in [9.17, 15) is 9.18 Å². The Morgan fingerprint density at radius 2 is 1.91 bits per heavy atom. The second-order valence-electron chi connectivity index (χ2n) is 6.02. The minimum atomic E-state index is -0.298. The van der Waals surface area contributed by atoms with Crippen LogP contribution >= 0.6 is 0 Å². The Kier molecular flexibility index (Phi) is 3.21. The molecule has 1 heterocycles. The van der Waals surface area contributed by atoms with Gasteiger partial charge in [-0.1, -0.05) is 24.3 Å². The van der Waals surface area contributed by atoms with Gasteiger partial charge in [-0.05, 0) is 36.1 Å². The molecule has 22 heavy (non-hydrogen) atoms. The molecule has 0 N–H and O–H groups in total. The summed E-state index contributed by atoms with van der Waals surface area (Å²) < 4.78 is 14.9. The first-order valence-electron chi connectivity index (χ1n) is 7.89. The number of para-hydroxylation sites is 1. The lowest BCUT2D eigenvalue weighted by Crippen LogP contribution is -2.13. The number of Topliss-reactive ketones (excluding diaryl/α,β-unsaturated/α-hetero) is 1. The fraction of sp³-hybridized carbons (Fsp3) is 0.316. The largest absolute Gasteiger partial charge is 0.340 e. The smallest absolute Gasteiger partial charge is 0.137 e. The molecule has 2 nitrogen and oxygen atoms in total. The highest BCUT2D eigenvalue weighted by Crippen LogP contribution is 2.35. The third kappa shape index (κ3) is 1.96. The van der Waals surface area contributed by atoms with Crippen molar-refractivity contribution >= 4 is 27.6 Å². The highest BCUT2D eigenvalue weighted by atomic mass is 19.1. The monoisotopic (exact) mass is 295 g/mol. The molecule has 0 bridgehead atoms. The van der Waals surface area contributed by atoms with Gasteiger partial charge in [-0.25, -0.2) is 0 Å². The van der Waals surface area contributed by atoms with Gasteiger partial charge in [-0.2, -0.15) is 0 Å². The van der Waals surface area contributed by atoms with Crippen molar-refractivity contribution in [3.05, 3.63) is 47.5 Å². The molecule has 3 heteroatoms. The van der Waals surface area contributed by atoms with E-state index in [0.717, 1.165) is 17.5 Å². The van der Waals surface area contributed by atoms with Gasteiger partial charge in [0.2, 0.25) is 0 Å². The van der Waals surface area contributed by atoms with Crippen molar-refractivity contribution in [2.75, 3.05) is 6.67 Å². The molecule has 0 aliphatic heterocycles. The van der Waals surface area contributed by atoms with Crippen LogP contribution in [0.3, 0.4) is 0 Å². The van der Waals surface area contributed by atoms with E-state index in [1.165, 1.54) is 21.9 Å². The number of hydrogen-bond donors (Lipinski definition) is 0. The molecule has 3 aromatic rings. The number of fused-ring (bicyclic) bond motifs is 5. The van der Waals surface area contributed by atoms with Crippen LogP contribution in [0.15, 0.2) is 36.4 Å². The molecule has 0 radical (unpaired) electrons. The number of nitrogens with zero attached hydrogens (tertiary/aromatic N) is 1. The molecule has 1 aliphatic rings. The standard InChI is InChI=1S/C19H18FNO/c20-10-3-11-21-17-5-2-1-4-16(17)19-15-8-7-14(22)12-13(15)6-9-18(19)21/h1-2,4-6,9H,3,7-8,10-12H2. The summed E-state index contributed by atoms with van der Waals surface area (Å²) in [7, 11) is 0. The summed E-state index contributed by atoms with van der Waals surface area (Å²) >= 11 is 0. The summed E-state index contributed by atoms with van der Waals surface area (Å²) in [5.41, 5.74) is 4.81. The number of aryl methyl sites for hydroxylation is 2. The van der Waals surface area contributed by atoms with Crippen LogP contribution in [0, 0.1) is 0 Å². The third-order valence-corrected chi connectivity index (χ3v) is 4.70. The Bertz CT molecular complexity index is 878. The van der Waals surface area contributed by atoms with Gasteiger partial charge in [-0.15, -0.1) is 0 Å². The molecule has 0 fully saturated rings. The molecular weight excluding hydrogens is 277 g/mol. The van der Waals surface area contributed by atoms with Gasteiger partial charge in [0, 0.05) is 41.2 Å². The molecule has 0 saturated carbocycles. The molecule has 1 aromatic heterocycles. The van der Waals surface area contributed by atoms with Gasteiger partial charge in [0.25, 0.3) is 0 Å². The van der Waals surface area contributed by atoms with E-state index in [1.54, 1.807) is 0 Å². The second kappa shape index (κ2) is 5.24. The predicted octanol–water partition coefficient (Wildman–Crippen LogP) is 4.21. The lowest BCUT2D eigenvalue weighted by molar-refractivity contribution is -0.118. The molecule has 0 spiro atoms. The predicted molar refractivity (Wildman–Crippen MR) is 87.1 cm³/mol. The molecule has 1 aliphatic carbocycles. The van der Waals surface area contributed by atoms with Crippen molar-refractivity contribution in [2.45, 2.75) is 32.2 Å². The fourth-order valence-corrected chi connectivity index (χ4v) is 3.73. The van der Waals surface area contributed by atoms with Crippen molar-refractivity contribution in [1.82, 2.24) is 4.57 Å². The van der Waals surface area contributed by atoms with E-state index in [1.807, 2.05) is 6.07 Å². The summed E-state index contributed by atoms with van der Waals surface area (Å²) in [4.78, 5) is 11.7. The highest BCUT2D eigenvalue weighted by Gasteiger charge is 2.21. The first-order valence-corrected chi connectivity index (χ1v) is 7.89. The van der Waals surface area contributed by atoms with Crippen LogP contribution in [-0.4, -0.2) is 17.0 Å². The summed E-state index contributed by atoms with van der Waals surface area (Å²) in [5, 5.41) is 2.49. The van der Waals surface area contributed by atoms with Crippen LogP contribution in [0.1, 0.15) is 24.0 Å². The van der Waals surface area contributed by atoms with Gasteiger partial charge in [0.1, 0.15) is 5.78 Å². The maximum Gasteiger partial charge on any atom is 0.137 e. The fourth-order valence-electron chi connectivity index (χ4n) is 3.73. The number of hydrogen-bond acceptors (Lipinski definition) is 1. The topological polar surface area (TPSA) is 22.0 Å². The van der Waals surface area contributed by atoms with E-state index in [4.69, 9.17) is 0 Å². The van der Waals surface area contributed by atoms with Crippen LogP contribution < -0.4 is 0 Å². The number of aromatic nitrogens is 1. The molecular formula is C19H18FNO.